The maximum absolute atomic E-state index is 13.4. The average Bonchev–Trinajstić information content (AvgIpc) is 2.24. The van der Waals surface area contributed by atoms with E-state index in [9.17, 15) is 9.18 Å². The molecule has 1 aliphatic rings. The lowest BCUT2D eigenvalue weighted by Gasteiger charge is -2.41. The molecule has 1 N–H and O–H groups in total. The minimum absolute atomic E-state index is 0.192. The summed E-state index contributed by atoms with van der Waals surface area (Å²) < 4.78 is 13.4. The number of likely N-dealkylation sites (tertiary alicyclic amines) is 1. The van der Waals surface area contributed by atoms with Gasteiger partial charge < -0.3 is 5.11 Å². The van der Waals surface area contributed by atoms with Crippen molar-refractivity contribution in [2.24, 2.45) is 11.8 Å². The van der Waals surface area contributed by atoms with E-state index in [0.29, 0.717) is 12.1 Å². The monoisotopic (exact) mass is 237 g/mol. The van der Waals surface area contributed by atoms with E-state index < -0.39 is 5.97 Å². The third-order valence-corrected chi connectivity index (χ3v) is 3.43. The maximum Gasteiger partial charge on any atom is 0.306 e. The molecule has 0 amide bonds. The Morgan fingerprint density at radius 3 is 2.76 bits per heavy atom. The molecule has 0 aliphatic carbocycles. The Morgan fingerprint density at radius 1 is 1.53 bits per heavy atom. The second-order valence-corrected chi connectivity index (χ2v) is 4.67. The van der Waals surface area contributed by atoms with Gasteiger partial charge in [-0.05, 0) is 12.0 Å². The summed E-state index contributed by atoms with van der Waals surface area (Å²) in [5.74, 6) is -1.06. The molecule has 0 bridgehead atoms. The van der Waals surface area contributed by atoms with E-state index in [1.165, 1.54) is 6.07 Å². The van der Waals surface area contributed by atoms with Crippen molar-refractivity contribution < 1.29 is 14.3 Å². The van der Waals surface area contributed by atoms with E-state index in [4.69, 9.17) is 5.11 Å². The van der Waals surface area contributed by atoms with Crippen molar-refractivity contribution in [3.8, 4) is 0 Å². The van der Waals surface area contributed by atoms with Crippen LogP contribution in [0.5, 0.6) is 0 Å². The zero-order valence-electron chi connectivity index (χ0n) is 9.77. The van der Waals surface area contributed by atoms with Gasteiger partial charge >= 0.3 is 5.97 Å². The Balaban J connectivity index is 1.85. The molecule has 1 saturated heterocycles. The molecule has 1 atom stereocenters. The largest absolute Gasteiger partial charge is 0.481 e. The van der Waals surface area contributed by atoms with E-state index in [1.807, 2.05) is 6.07 Å². The van der Waals surface area contributed by atoms with Crippen LogP contribution in [-0.4, -0.2) is 29.1 Å². The minimum atomic E-state index is -0.749. The fourth-order valence-corrected chi connectivity index (χ4v) is 2.12. The highest BCUT2D eigenvalue weighted by molar-refractivity contribution is 5.70. The first-order valence-electron chi connectivity index (χ1n) is 5.76. The van der Waals surface area contributed by atoms with Crippen molar-refractivity contribution in [2.75, 3.05) is 13.1 Å². The number of carbonyl (C=O) groups is 1. The summed E-state index contributed by atoms with van der Waals surface area (Å²) in [6.07, 6.45) is 0. The van der Waals surface area contributed by atoms with Crippen LogP contribution >= 0.6 is 0 Å². The molecule has 2 rings (SSSR count). The van der Waals surface area contributed by atoms with Gasteiger partial charge in [-0.2, -0.15) is 0 Å². The molecule has 0 saturated carbocycles. The predicted octanol–water partition coefficient (Wildman–Crippen LogP) is 1.98. The number of halogens is 1. The molecule has 0 spiro atoms. The fraction of sp³-hybridized carbons (Fsp3) is 0.462. The van der Waals surface area contributed by atoms with E-state index in [2.05, 4.69) is 4.90 Å². The smallest absolute Gasteiger partial charge is 0.306 e. The van der Waals surface area contributed by atoms with Crippen molar-refractivity contribution >= 4 is 5.97 Å². The third-order valence-electron chi connectivity index (χ3n) is 3.43. The topological polar surface area (TPSA) is 40.5 Å². The first-order valence-corrected chi connectivity index (χ1v) is 5.76. The van der Waals surface area contributed by atoms with Gasteiger partial charge in [0, 0.05) is 25.2 Å². The number of benzene rings is 1. The van der Waals surface area contributed by atoms with Crippen LogP contribution in [0.25, 0.3) is 0 Å². The Kier molecular flexibility index (Phi) is 3.43. The van der Waals surface area contributed by atoms with Crippen LogP contribution in [0.15, 0.2) is 24.3 Å². The summed E-state index contributed by atoms with van der Waals surface area (Å²) in [7, 11) is 0. The molecule has 1 fully saturated rings. The molecule has 4 heteroatoms. The highest BCUT2D eigenvalue weighted by Crippen LogP contribution is 2.26. The van der Waals surface area contributed by atoms with Crippen LogP contribution in [0.2, 0.25) is 0 Å². The standard InChI is InChI=1S/C13H16FNO2/c1-9(13(16)17)11-7-15(8-11)6-10-4-2-3-5-12(10)14/h2-5,9,11H,6-8H2,1H3,(H,16,17). The van der Waals surface area contributed by atoms with Crippen molar-refractivity contribution in [3.05, 3.63) is 35.6 Å². The highest BCUT2D eigenvalue weighted by Gasteiger charge is 2.34. The zero-order chi connectivity index (χ0) is 12.4. The number of hydrogen-bond donors (Lipinski definition) is 1. The summed E-state index contributed by atoms with van der Waals surface area (Å²) in [6.45, 7) is 3.77. The van der Waals surface area contributed by atoms with E-state index >= 15 is 0 Å². The fourth-order valence-electron chi connectivity index (χ4n) is 2.12. The van der Waals surface area contributed by atoms with Gasteiger partial charge in [-0.15, -0.1) is 0 Å². The quantitative estimate of drug-likeness (QED) is 0.870. The van der Waals surface area contributed by atoms with Gasteiger partial charge in [-0.3, -0.25) is 9.69 Å². The second-order valence-electron chi connectivity index (χ2n) is 4.67. The summed E-state index contributed by atoms with van der Waals surface area (Å²) in [4.78, 5) is 12.8. The van der Waals surface area contributed by atoms with Crippen LogP contribution in [0, 0.1) is 17.7 Å². The van der Waals surface area contributed by atoms with E-state index in [0.717, 1.165) is 13.1 Å². The molecule has 0 aromatic heterocycles. The first kappa shape index (κ1) is 12.0. The Bertz CT molecular complexity index is 416. The van der Waals surface area contributed by atoms with Gasteiger partial charge in [0.2, 0.25) is 0 Å². The van der Waals surface area contributed by atoms with Gasteiger partial charge in [0.15, 0.2) is 0 Å². The zero-order valence-corrected chi connectivity index (χ0v) is 9.77. The molecule has 1 aliphatic heterocycles. The van der Waals surface area contributed by atoms with Crippen molar-refractivity contribution in [2.45, 2.75) is 13.5 Å². The van der Waals surface area contributed by atoms with Crippen LogP contribution in [-0.2, 0) is 11.3 Å². The third kappa shape index (κ3) is 2.64. The SMILES string of the molecule is CC(C(=O)O)C1CN(Cc2ccccc2F)C1. The van der Waals surface area contributed by atoms with Crippen molar-refractivity contribution in [1.82, 2.24) is 4.90 Å². The molecule has 0 radical (unpaired) electrons. The van der Waals surface area contributed by atoms with Gasteiger partial charge in [0.25, 0.3) is 0 Å². The molecule has 1 heterocycles. The molecular weight excluding hydrogens is 221 g/mol. The number of hydrogen-bond acceptors (Lipinski definition) is 2. The summed E-state index contributed by atoms with van der Waals surface area (Å²) >= 11 is 0. The molecule has 1 unspecified atom stereocenters. The number of aliphatic carboxylic acids is 1. The predicted molar refractivity (Wildman–Crippen MR) is 62.0 cm³/mol. The lowest BCUT2D eigenvalue weighted by molar-refractivity contribution is -0.145. The second kappa shape index (κ2) is 4.84. The van der Waals surface area contributed by atoms with Gasteiger partial charge in [0.1, 0.15) is 5.82 Å². The normalized spacial score (nSPS) is 18.7. The minimum Gasteiger partial charge on any atom is -0.481 e. The molecular formula is C13H16FNO2. The van der Waals surface area contributed by atoms with Gasteiger partial charge in [-0.25, -0.2) is 4.39 Å². The van der Waals surface area contributed by atoms with Crippen molar-refractivity contribution in [3.63, 3.8) is 0 Å². The van der Waals surface area contributed by atoms with Gasteiger partial charge in [0.05, 0.1) is 5.92 Å². The van der Waals surface area contributed by atoms with E-state index in [1.54, 1.807) is 19.1 Å². The Morgan fingerprint density at radius 2 is 2.18 bits per heavy atom. The van der Waals surface area contributed by atoms with Crippen LogP contribution in [0.4, 0.5) is 4.39 Å². The first-order chi connectivity index (χ1) is 8.08. The molecule has 1 aromatic carbocycles. The van der Waals surface area contributed by atoms with Crippen LogP contribution < -0.4 is 0 Å². The summed E-state index contributed by atoms with van der Waals surface area (Å²) in [6, 6.07) is 6.70. The van der Waals surface area contributed by atoms with E-state index in [-0.39, 0.29) is 17.7 Å². The Hall–Kier alpha value is -1.42. The number of rotatable bonds is 4. The lowest BCUT2D eigenvalue weighted by Crippen LogP contribution is -2.50. The number of nitrogens with zero attached hydrogens (tertiary/aromatic N) is 1. The van der Waals surface area contributed by atoms with Gasteiger partial charge in [-0.1, -0.05) is 25.1 Å². The average molecular weight is 237 g/mol. The van der Waals surface area contributed by atoms with Crippen LogP contribution in [0.1, 0.15) is 12.5 Å². The summed E-state index contributed by atoms with van der Waals surface area (Å²) in [5, 5.41) is 8.86. The lowest BCUT2D eigenvalue weighted by atomic mass is 9.87. The number of carboxylic acids is 1. The molecule has 3 nitrogen and oxygen atoms in total. The molecule has 1 aromatic rings. The van der Waals surface area contributed by atoms with Crippen molar-refractivity contribution in [1.29, 1.82) is 0 Å². The highest BCUT2D eigenvalue weighted by atomic mass is 19.1. The number of carboxylic acid groups (broad SMARTS) is 1. The molecule has 17 heavy (non-hydrogen) atoms. The Labute approximate surface area is 99.9 Å². The summed E-state index contributed by atoms with van der Waals surface area (Å²) in [5.41, 5.74) is 0.675. The van der Waals surface area contributed by atoms with Crippen LogP contribution in [0.3, 0.4) is 0 Å². The maximum atomic E-state index is 13.4. The molecule has 92 valence electrons.